The molecule has 0 saturated carbocycles. The Morgan fingerprint density at radius 1 is 1.09 bits per heavy atom. The molecule has 1 N–H and O–H groups in total. The van der Waals surface area contributed by atoms with E-state index in [4.69, 9.17) is 14.5 Å². The van der Waals surface area contributed by atoms with E-state index < -0.39 is 50.3 Å². The van der Waals surface area contributed by atoms with Crippen LogP contribution in [0.1, 0.15) is 29.4 Å². The third-order valence-corrected chi connectivity index (χ3v) is 10.0. The lowest BCUT2D eigenvalue weighted by atomic mass is 10.0. The molecule has 1 fully saturated rings. The smallest absolute Gasteiger partial charge is 0.251 e. The Hall–Kier alpha value is -4.66. The lowest BCUT2D eigenvalue weighted by Gasteiger charge is -2.43. The molecule has 7 rings (SSSR count). The number of nitrogens with one attached hydrogen (secondary N) is 1. The van der Waals surface area contributed by atoms with E-state index in [1.807, 2.05) is 34.9 Å². The van der Waals surface area contributed by atoms with Crippen molar-refractivity contribution < 1.29 is 35.9 Å². The number of sulfone groups is 1. The van der Waals surface area contributed by atoms with Gasteiger partial charge in [0.1, 0.15) is 23.5 Å². The highest BCUT2D eigenvalue weighted by atomic mass is 32.2. The van der Waals surface area contributed by atoms with Crippen molar-refractivity contribution in [3.05, 3.63) is 65.9 Å². The summed E-state index contributed by atoms with van der Waals surface area (Å²) < 4.78 is 78.8. The Bertz CT molecular complexity index is 1950. The maximum absolute atomic E-state index is 14.7. The van der Waals surface area contributed by atoms with Crippen LogP contribution in [-0.2, 0) is 16.4 Å². The van der Waals surface area contributed by atoms with Gasteiger partial charge in [-0.15, -0.1) is 0 Å². The molecule has 45 heavy (non-hydrogen) atoms. The van der Waals surface area contributed by atoms with Gasteiger partial charge in [0.15, 0.2) is 23.1 Å². The molecule has 0 aliphatic carbocycles. The summed E-state index contributed by atoms with van der Waals surface area (Å²) in [7, 11) is -4.53. The summed E-state index contributed by atoms with van der Waals surface area (Å²) in [6.07, 6.45) is 1.98. The minimum absolute atomic E-state index is 0.0756. The first-order valence-electron chi connectivity index (χ1n) is 14.3. The van der Waals surface area contributed by atoms with Gasteiger partial charge in [0.25, 0.3) is 5.91 Å². The number of carbonyl (C=O) groups excluding carboxylic acids is 1. The average Bonchev–Trinajstić information content (AvgIpc) is 3.16. The summed E-state index contributed by atoms with van der Waals surface area (Å²) in [5.74, 6) is -0.671. The maximum atomic E-state index is 14.7. The van der Waals surface area contributed by atoms with Gasteiger partial charge in [-0.25, -0.2) is 31.6 Å². The number of amides is 1. The van der Waals surface area contributed by atoms with E-state index in [-0.39, 0.29) is 24.8 Å². The highest BCUT2D eigenvalue weighted by molar-refractivity contribution is 7.92. The van der Waals surface area contributed by atoms with Crippen LogP contribution in [0.3, 0.4) is 0 Å². The van der Waals surface area contributed by atoms with Crippen LogP contribution in [0.15, 0.2) is 53.7 Å². The third-order valence-electron chi connectivity index (χ3n) is 8.19. The first kappa shape index (κ1) is 29.1. The predicted octanol–water partition coefficient (Wildman–Crippen LogP) is 4.02. The van der Waals surface area contributed by atoms with Crippen LogP contribution in [0, 0.1) is 5.82 Å². The molecule has 1 saturated heterocycles. The number of alkyl halides is 2. The number of benzene rings is 1. The zero-order valence-corrected chi connectivity index (χ0v) is 24.7. The van der Waals surface area contributed by atoms with Gasteiger partial charge < -0.3 is 24.6 Å². The minimum Gasteiger partial charge on any atom is -0.489 e. The van der Waals surface area contributed by atoms with Crippen molar-refractivity contribution in [2.75, 3.05) is 36.1 Å². The van der Waals surface area contributed by atoms with E-state index >= 15 is 0 Å². The molecule has 234 valence electrons. The molecule has 4 aromatic rings. The number of rotatable bonds is 5. The number of halogens is 3. The van der Waals surface area contributed by atoms with Crippen molar-refractivity contribution in [1.82, 2.24) is 20.3 Å². The minimum atomic E-state index is -4.53. The number of hydrogen-bond donors (Lipinski definition) is 1. The van der Waals surface area contributed by atoms with Gasteiger partial charge in [0.2, 0.25) is 15.3 Å². The molecule has 6 heterocycles. The molecule has 0 spiro atoms. The molecule has 3 aliphatic rings. The summed E-state index contributed by atoms with van der Waals surface area (Å²) in [6.45, 7) is 2.65. The first-order valence-corrected chi connectivity index (χ1v) is 15.8. The van der Waals surface area contributed by atoms with Crippen LogP contribution in [0.5, 0.6) is 11.5 Å². The Morgan fingerprint density at radius 2 is 1.93 bits per heavy atom. The van der Waals surface area contributed by atoms with E-state index in [0.717, 1.165) is 23.2 Å². The SMILES string of the molecule is C[C@@H]1[C@@H](F)CN1c1cnc2c(c1)OCCN2c1ccc2cnc(CNC(=O)c3cc(F)c4c(c3)S(=O)(=O)[C@@H](F)CCO4)cc2n1. The van der Waals surface area contributed by atoms with Gasteiger partial charge in [-0.2, -0.15) is 0 Å². The number of anilines is 3. The monoisotopic (exact) mass is 640 g/mol. The molecule has 3 atom stereocenters. The number of pyridine rings is 3. The third kappa shape index (κ3) is 5.14. The quantitative estimate of drug-likeness (QED) is 0.342. The molecule has 11 nitrogen and oxygen atoms in total. The van der Waals surface area contributed by atoms with E-state index in [0.29, 0.717) is 48.3 Å². The highest BCUT2D eigenvalue weighted by Gasteiger charge is 2.37. The van der Waals surface area contributed by atoms with Crippen molar-refractivity contribution in [2.45, 2.75) is 42.5 Å². The van der Waals surface area contributed by atoms with E-state index in [9.17, 15) is 26.4 Å². The molecular weight excluding hydrogens is 613 g/mol. The van der Waals surface area contributed by atoms with Gasteiger partial charge in [0.05, 0.1) is 55.4 Å². The van der Waals surface area contributed by atoms with Gasteiger partial charge in [0, 0.05) is 29.6 Å². The van der Waals surface area contributed by atoms with Crippen LogP contribution in [0.25, 0.3) is 10.9 Å². The molecule has 1 amide bonds. The number of nitrogens with zero attached hydrogens (tertiary/aromatic N) is 5. The van der Waals surface area contributed by atoms with E-state index in [1.165, 1.54) is 0 Å². The number of fused-ring (bicyclic) bond motifs is 3. The maximum Gasteiger partial charge on any atom is 0.251 e. The number of ether oxygens (including phenoxy) is 2. The van der Waals surface area contributed by atoms with Crippen LogP contribution in [0.2, 0.25) is 0 Å². The second-order valence-electron chi connectivity index (χ2n) is 11.0. The fourth-order valence-electron chi connectivity index (χ4n) is 5.54. The average molecular weight is 641 g/mol. The summed E-state index contributed by atoms with van der Waals surface area (Å²) in [4.78, 5) is 29.8. The summed E-state index contributed by atoms with van der Waals surface area (Å²) >= 11 is 0. The Morgan fingerprint density at radius 3 is 2.73 bits per heavy atom. The molecule has 0 bridgehead atoms. The number of aromatic nitrogens is 3. The van der Waals surface area contributed by atoms with Crippen molar-refractivity contribution in [3.63, 3.8) is 0 Å². The lowest BCUT2D eigenvalue weighted by molar-refractivity contribution is 0.0949. The molecule has 0 radical (unpaired) electrons. The molecule has 3 aliphatic heterocycles. The normalized spacial score (nSPS) is 21.9. The molecule has 15 heteroatoms. The summed E-state index contributed by atoms with van der Waals surface area (Å²) in [5, 5.41) is 3.35. The zero-order chi connectivity index (χ0) is 31.5. The van der Waals surface area contributed by atoms with Gasteiger partial charge in [-0.1, -0.05) is 0 Å². The Labute approximate surface area is 255 Å². The molecule has 0 unspecified atom stereocenters. The second-order valence-corrected chi connectivity index (χ2v) is 13.1. The fourth-order valence-corrected chi connectivity index (χ4v) is 6.93. The Kier molecular flexibility index (Phi) is 7.14. The molecule has 1 aromatic carbocycles. The van der Waals surface area contributed by atoms with Crippen LogP contribution in [0.4, 0.5) is 30.5 Å². The van der Waals surface area contributed by atoms with Gasteiger partial charge in [-0.3, -0.25) is 9.78 Å². The topological polar surface area (TPSA) is 127 Å². The first-order chi connectivity index (χ1) is 21.6. The number of carbonyl (C=O) groups is 1. The van der Waals surface area contributed by atoms with Crippen molar-refractivity contribution in [3.8, 4) is 11.5 Å². The lowest BCUT2D eigenvalue weighted by Crippen LogP contribution is -2.56. The van der Waals surface area contributed by atoms with Crippen molar-refractivity contribution in [1.29, 1.82) is 0 Å². The summed E-state index contributed by atoms with van der Waals surface area (Å²) in [6, 6.07) is 8.80. The standard InChI is InChI=1S/C30H27F3N6O5S/c1-16-22(32)15-39(16)20-11-24-29(35-14-20)38(5-7-43-24)27-3-2-17-12-34-19(10-23(17)37-27)13-36-30(40)18-8-21(31)28-25(9-18)45(41,42)26(33)4-6-44-28/h2-3,8-12,14,16,22,26H,4-7,13,15H2,1H3,(H,36,40)/t16-,22+,26-/m1/s1. The highest BCUT2D eigenvalue weighted by Crippen LogP contribution is 2.39. The second kappa shape index (κ2) is 11.1. The fraction of sp³-hybridized carbons (Fsp3) is 0.333. The van der Waals surface area contributed by atoms with E-state index in [1.54, 1.807) is 18.5 Å². The van der Waals surface area contributed by atoms with Gasteiger partial charge in [-0.05, 0) is 37.3 Å². The number of hydrogen-bond acceptors (Lipinski definition) is 10. The largest absolute Gasteiger partial charge is 0.489 e. The zero-order valence-electron chi connectivity index (χ0n) is 23.9. The van der Waals surface area contributed by atoms with Crippen LogP contribution < -0.4 is 24.6 Å². The van der Waals surface area contributed by atoms with Crippen molar-refractivity contribution in [2.24, 2.45) is 0 Å². The van der Waals surface area contributed by atoms with Crippen LogP contribution >= 0.6 is 0 Å². The molecular formula is C30H27F3N6O5S. The van der Waals surface area contributed by atoms with Crippen LogP contribution in [-0.4, -0.2) is 73.3 Å². The van der Waals surface area contributed by atoms with Gasteiger partial charge >= 0.3 is 0 Å². The summed E-state index contributed by atoms with van der Waals surface area (Å²) in [5.41, 5.74) is -0.752. The Balaban J connectivity index is 1.10. The molecule has 3 aromatic heterocycles. The van der Waals surface area contributed by atoms with Crippen molar-refractivity contribution >= 4 is 44.0 Å². The predicted molar refractivity (Wildman–Crippen MR) is 158 cm³/mol. The van der Waals surface area contributed by atoms with E-state index in [2.05, 4.69) is 15.3 Å².